The minimum Gasteiger partial charge on any atom is -0.494 e. The van der Waals surface area contributed by atoms with E-state index in [0.717, 1.165) is 23.4 Å². The van der Waals surface area contributed by atoms with Crippen molar-refractivity contribution in [1.82, 2.24) is 4.98 Å². The van der Waals surface area contributed by atoms with Crippen LogP contribution in [0.25, 0.3) is 11.1 Å². The summed E-state index contributed by atoms with van der Waals surface area (Å²) in [6.45, 7) is 4.48. The number of aromatic amines is 1. The smallest absolute Gasteiger partial charge is 0.266 e. The Kier molecular flexibility index (Phi) is 4.21. The molecule has 0 saturated heterocycles. The Morgan fingerprint density at radius 2 is 2.15 bits per heavy atom. The molecule has 0 radical (unpaired) electrons. The summed E-state index contributed by atoms with van der Waals surface area (Å²) >= 11 is 0. The first kappa shape index (κ1) is 13.9. The predicted molar refractivity (Wildman–Crippen MR) is 77.7 cm³/mol. The van der Waals surface area contributed by atoms with Crippen LogP contribution in [0.2, 0.25) is 0 Å². The molecule has 20 heavy (non-hydrogen) atoms. The number of ether oxygens (including phenoxy) is 1. The molecule has 1 aromatic heterocycles. The number of rotatable bonds is 4. The largest absolute Gasteiger partial charge is 0.494 e. The van der Waals surface area contributed by atoms with Gasteiger partial charge in [-0.25, -0.2) is 0 Å². The molecule has 0 amide bonds. The van der Waals surface area contributed by atoms with Crippen LogP contribution in [0, 0.1) is 18.3 Å². The van der Waals surface area contributed by atoms with E-state index in [1.165, 1.54) is 0 Å². The fourth-order valence-electron chi connectivity index (χ4n) is 2.00. The Morgan fingerprint density at radius 3 is 2.85 bits per heavy atom. The van der Waals surface area contributed by atoms with Crippen molar-refractivity contribution < 1.29 is 4.74 Å². The zero-order valence-corrected chi connectivity index (χ0v) is 11.6. The molecule has 0 aliphatic heterocycles. The van der Waals surface area contributed by atoms with Crippen molar-refractivity contribution in [3.05, 3.63) is 51.9 Å². The van der Waals surface area contributed by atoms with Gasteiger partial charge in [0.1, 0.15) is 17.4 Å². The third-order valence-corrected chi connectivity index (χ3v) is 2.90. The van der Waals surface area contributed by atoms with Gasteiger partial charge in [-0.2, -0.15) is 5.26 Å². The zero-order valence-electron chi connectivity index (χ0n) is 11.6. The number of pyridine rings is 1. The highest BCUT2D eigenvalue weighted by molar-refractivity contribution is 5.71. The van der Waals surface area contributed by atoms with Crippen LogP contribution >= 0.6 is 0 Å². The minimum absolute atomic E-state index is 0.128. The maximum atomic E-state index is 11.8. The van der Waals surface area contributed by atoms with Gasteiger partial charge < -0.3 is 9.72 Å². The summed E-state index contributed by atoms with van der Waals surface area (Å²) in [4.78, 5) is 14.5. The number of nitrogens with zero attached hydrogens (tertiary/aromatic N) is 1. The van der Waals surface area contributed by atoms with E-state index >= 15 is 0 Å². The van der Waals surface area contributed by atoms with Crippen LogP contribution < -0.4 is 10.3 Å². The van der Waals surface area contributed by atoms with Gasteiger partial charge >= 0.3 is 0 Å². The number of nitriles is 1. The summed E-state index contributed by atoms with van der Waals surface area (Å²) < 4.78 is 5.58. The van der Waals surface area contributed by atoms with E-state index in [0.29, 0.717) is 12.2 Å². The van der Waals surface area contributed by atoms with Gasteiger partial charge in [0, 0.05) is 11.3 Å². The molecule has 0 spiro atoms. The molecule has 0 unspecified atom stereocenters. The van der Waals surface area contributed by atoms with Crippen molar-refractivity contribution >= 4 is 0 Å². The molecule has 2 aromatic rings. The number of hydrogen-bond donors (Lipinski definition) is 1. The highest BCUT2D eigenvalue weighted by atomic mass is 16.5. The monoisotopic (exact) mass is 268 g/mol. The lowest BCUT2D eigenvalue weighted by Gasteiger charge is -2.09. The van der Waals surface area contributed by atoms with Crippen molar-refractivity contribution in [2.24, 2.45) is 0 Å². The van der Waals surface area contributed by atoms with Crippen LogP contribution in [0.15, 0.2) is 35.1 Å². The highest BCUT2D eigenvalue weighted by Gasteiger charge is 2.10. The lowest BCUT2D eigenvalue weighted by molar-refractivity contribution is 0.317. The number of aryl methyl sites for hydroxylation is 1. The van der Waals surface area contributed by atoms with Crippen LogP contribution in [0.5, 0.6) is 5.75 Å². The second kappa shape index (κ2) is 6.07. The van der Waals surface area contributed by atoms with E-state index in [9.17, 15) is 4.79 Å². The van der Waals surface area contributed by atoms with Gasteiger partial charge in [-0.3, -0.25) is 4.79 Å². The van der Waals surface area contributed by atoms with E-state index in [1.54, 1.807) is 13.0 Å². The summed E-state index contributed by atoms with van der Waals surface area (Å²) in [7, 11) is 0. The van der Waals surface area contributed by atoms with E-state index in [2.05, 4.69) is 4.98 Å². The molecular weight excluding hydrogens is 252 g/mol. The molecule has 0 fully saturated rings. The number of H-pyrrole nitrogens is 1. The average molecular weight is 268 g/mol. The highest BCUT2D eigenvalue weighted by Crippen LogP contribution is 2.25. The summed E-state index contributed by atoms with van der Waals surface area (Å²) in [5.74, 6) is 0.742. The van der Waals surface area contributed by atoms with Crippen molar-refractivity contribution in [3.8, 4) is 22.9 Å². The Balaban J connectivity index is 2.52. The molecule has 4 heteroatoms. The average Bonchev–Trinajstić information content (AvgIpc) is 2.44. The van der Waals surface area contributed by atoms with Gasteiger partial charge in [-0.15, -0.1) is 0 Å². The molecule has 0 atom stereocenters. The van der Waals surface area contributed by atoms with Gasteiger partial charge in [0.2, 0.25) is 0 Å². The number of aromatic nitrogens is 1. The molecule has 1 aromatic carbocycles. The Bertz CT molecular complexity index is 711. The van der Waals surface area contributed by atoms with Gasteiger partial charge in [0.05, 0.1) is 6.61 Å². The van der Waals surface area contributed by atoms with Crippen LogP contribution in [-0.2, 0) is 0 Å². The third kappa shape index (κ3) is 2.89. The lowest BCUT2D eigenvalue weighted by Crippen LogP contribution is -2.12. The molecular formula is C16H16N2O2. The van der Waals surface area contributed by atoms with Gasteiger partial charge in [-0.1, -0.05) is 19.1 Å². The van der Waals surface area contributed by atoms with E-state index in [4.69, 9.17) is 10.00 Å². The van der Waals surface area contributed by atoms with Crippen molar-refractivity contribution in [2.45, 2.75) is 20.3 Å². The fourth-order valence-corrected chi connectivity index (χ4v) is 2.00. The second-order valence-corrected chi connectivity index (χ2v) is 4.56. The maximum Gasteiger partial charge on any atom is 0.266 e. The molecule has 0 saturated carbocycles. The topological polar surface area (TPSA) is 65.9 Å². The molecule has 2 rings (SSSR count). The molecule has 4 nitrogen and oxygen atoms in total. The fraction of sp³-hybridized carbons (Fsp3) is 0.250. The summed E-state index contributed by atoms with van der Waals surface area (Å²) in [6.07, 6.45) is 0.928. The normalized spacial score (nSPS) is 10.1. The van der Waals surface area contributed by atoms with E-state index in [1.807, 2.05) is 37.3 Å². The van der Waals surface area contributed by atoms with E-state index < -0.39 is 0 Å². The second-order valence-electron chi connectivity index (χ2n) is 4.56. The minimum atomic E-state index is -0.359. The first-order valence-electron chi connectivity index (χ1n) is 6.53. The standard InChI is InChI=1S/C16H16N2O2/c1-3-7-20-13-6-4-5-12(9-13)14-8-11(2)18-16(19)15(14)10-17/h4-6,8-9H,3,7H2,1-2H3,(H,18,19). The van der Waals surface area contributed by atoms with Crippen LogP contribution in [0.3, 0.4) is 0 Å². The first-order chi connectivity index (χ1) is 9.65. The van der Waals surface area contributed by atoms with E-state index in [-0.39, 0.29) is 11.1 Å². The van der Waals surface area contributed by atoms with Crippen LogP contribution in [0.4, 0.5) is 0 Å². The molecule has 102 valence electrons. The Hall–Kier alpha value is -2.54. The van der Waals surface area contributed by atoms with Gasteiger partial charge in [-0.05, 0) is 37.1 Å². The SMILES string of the molecule is CCCOc1cccc(-c2cc(C)[nH]c(=O)c2C#N)c1. The number of hydrogen-bond acceptors (Lipinski definition) is 3. The number of benzene rings is 1. The van der Waals surface area contributed by atoms with Crippen molar-refractivity contribution in [1.29, 1.82) is 5.26 Å². The van der Waals surface area contributed by atoms with Crippen molar-refractivity contribution in [3.63, 3.8) is 0 Å². The zero-order chi connectivity index (χ0) is 14.5. The molecule has 0 bridgehead atoms. The lowest BCUT2D eigenvalue weighted by atomic mass is 10.0. The summed E-state index contributed by atoms with van der Waals surface area (Å²) in [6, 6.07) is 11.2. The molecule has 0 aliphatic rings. The quantitative estimate of drug-likeness (QED) is 0.926. The maximum absolute atomic E-state index is 11.8. The third-order valence-electron chi connectivity index (χ3n) is 2.90. The van der Waals surface area contributed by atoms with Crippen LogP contribution in [0.1, 0.15) is 24.6 Å². The van der Waals surface area contributed by atoms with Crippen molar-refractivity contribution in [2.75, 3.05) is 6.61 Å². The predicted octanol–water partition coefficient (Wildman–Crippen LogP) is 3.01. The summed E-state index contributed by atoms with van der Waals surface area (Å²) in [5.41, 5.74) is 1.94. The first-order valence-corrected chi connectivity index (χ1v) is 6.53. The van der Waals surface area contributed by atoms with Gasteiger partial charge in [0.25, 0.3) is 5.56 Å². The molecule has 1 heterocycles. The van der Waals surface area contributed by atoms with Gasteiger partial charge in [0.15, 0.2) is 0 Å². The Morgan fingerprint density at radius 1 is 1.35 bits per heavy atom. The number of nitrogens with one attached hydrogen (secondary N) is 1. The summed E-state index contributed by atoms with van der Waals surface area (Å²) in [5, 5.41) is 9.16. The molecule has 0 aliphatic carbocycles. The van der Waals surface area contributed by atoms with Crippen LogP contribution in [-0.4, -0.2) is 11.6 Å². The molecule has 1 N–H and O–H groups in total. The Labute approximate surface area is 117 Å².